The smallest absolute Gasteiger partial charge is 0.196 e. The average Bonchev–Trinajstić information content (AvgIpc) is 3.99. The number of hydrogen-bond acceptors (Lipinski definition) is 8. The van der Waals surface area contributed by atoms with Crippen molar-refractivity contribution in [2.45, 2.75) is 103 Å². The van der Waals surface area contributed by atoms with Gasteiger partial charge in [0.2, 0.25) is 0 Å². The second-order valence-corrected chi connectivity index (χ2v) is 20.5. The summed E-state index contributed by atoms with van der Waals surface area (Å²) in [6.45, 7) is 11.2. The number of nitrogens with zero attached hydrogens (tertiary/aromatic N) is 6. The maximum absolute atomic E-state index is 10.4. The van der Waals surface area contributed by atoms with Crippen molar-refractivity contribution < 1.29 is 9.52 Å². The number of phenolic OH excluding ortho intramolecular Hbond substituents is 1. The van der Waals surface area contributed by atoms with Gasteiger partial charge in [0, 0.05) is 40.7 Å². The van der Waals surface area contributed by atoms with Gasteiger partial charge in [-0.1, -0.05) is 79.7 Å². The van der Waals surface area contributed by atoms with Gasteiger partial charge in [0.25, 0.3) is 0 Å². The van der Waals surface area contributed by atoms with Gasteiger partial charge in [0.1, 0.15) is 28.9 Å². The van der Waals surface area contributed by atoms with Crippen LogP contribution in [0.15, 0.2) is 119 Å². The number of phenols is 1. The van der Waals surface area contributed by atoms with Gasteiger partial charge in [-0.15, -0.1) is 21.5 Å². The summed E-state index contributed by atoms with van der Waals surface area (Å²) < 4.78 is 7.88. The molecule has 9 heteroatoms. The molecule has 11 rings (SSSR count). The van der Waals surface area contributed by atoms with Crippen LogP contribution < -0.4 is 0 Å². The van der Waals surface area contributed by atoms with Crippen molar-refractivity contribution in [3.63, 3.8) is 0 Å². The van der Waals surface area contributed by atoms with Crippen LogP contribution in [0.25, 0.3) is 5.00 Å². The van der Waals surface area contributed by atoms with E-state index in [-0.39, 0.29) is 11.5 Å². The van der Waals surface area contributed by atoms with Crippen molar-refractivity contribution in [2.24, 2.45) is 21.7 Å². The van der Waals surface area contributed by atoms with Gasteiger partial charge in [-0.3, -0.25) is 9.56 Å². The minimum absolute atomic E-state index is 0.00200. The third-order valence-corrected chi connectivity index (χ3v) is 16.6. The Bertz CT molecular complexity index is 2710. The Kier molecular flexibility index (Phi) is 9.74. The van der Waals surface area contributed by atoms with Gasteiger partial charge >= 0.3 is 0 Å². The lowest BCUT2D eigenvalue weighted by Crippen LogP contribution is -2.47. The van der Waals surface area contributed by atoms with E-state index in [0.29, 0.717) is 35.3 Å². The third-order valence-electron chi connectivity index (χ3n) is 15.4. The maximum Gasteiger partial charge on any atom is 0.196 e. The second kappa shape index (κ2) is 15.4. The van der Waals surface area contributed by atoms with E-state index >= 15 is 0 Å². The van der Waals surface area contributed by atoms with Crippen molar-refractivity contribution in [1.82, 2.24) is 24.6 Å². The molecular formula is C53H56N6O2S. The predicted molar refractivity (Wildman–Crippen MR) is 246 cm³/mol. The standard InChI is InChI=1S/C53H56N6O2S/c1-33-34(2)62-51-47(33)49(55-45(30-46-54-24-27-61-46)50-57-56-35(3)59(50)51)39-12-10-36(11-13-39)28-37-31-53(32-37)22-25-58(26-23-53)41-18-20-52(4,21-19-41)48-43(38-8-6-5-7-9-38)16-14-40-29-42(60)15-17-44(40)48/h5-13,15,17-20,24,27,29,37,43,45,48,60H,14,16,21-23,25-26,28,30-32H2,1-4H3/t43-,45-,48+,52?/m1/s1. The summed E-state index contributed by atoms with van der Waals surface area (Å²) in [4.78, 5) is 13.8. The molecule has 6 aromatic rings. The number of piperidine rings is 1. The molecule has 0 bridgehead atoms. The van der Waals surface area contributed by atoms with E-state index in [0.717, 1.165) is 72.6 Å². The molecular weight excluding hydrogens is 785 g/mol. The van der Waals surface area contributed by atoms with Crippen LogP contribution in [-0.2, 0) is 19.3 Å². The summed E-state index contributed by atoms with van der Waals surface area (Å²) in [5.41, 5.74) is 12.0. The summed E-state index contributed by atoms with van der Waals surface area (Å²) in [6, 6.07) is 26.2. The first-order valence-electron chi connectivity index (χ1n) is 22.7. The number of aromatic nitrogens is 4. The number of aromatic hydroxyl groups is 1. The number of fused-ring (bicyclic) bond motifs is 4. The van der Waals surface area contributed by atoms with E-state index in [4.69, 9.17) is 9.41 Å². The number of rotatable bonds is 8. The fourth-order valence-corrected chi connectivity index (χ4v) is 13.2. The van der Waals surface area contributed by atoms with E-state index in [1.54, 1.807) is 23.8 Å². The first kappa shape index (κ1) is 39.3. The van der Waals surface area contributed by atoms with Gasteiger partial charge in [0.05, 0.1) is 18.3 Å². The normalized spacial score (nSPS) is 24.1. The summed E-state index contributed by atoms with van der Waals surface area (Å²) in [7, 11) is 0. The lowest BCUT2D eigenvalue weighted by atomic mass is 9.56. The minimum atomic E-state index is -0.267. The first-order valence-corrected chi connectivity index (χ1v) is 23.5. The van der Waals surface area contributed by atoms with E-state index in [1.165, 1.54) is 69.6 Å². The number of allylic oxidation sites excluding steroid dienone is 3. The SMILES string of the molecule is Cc1sc2c(c1C)C(c1ccc(CC3CC4(CCN(C5=CCC(C)([C@@H]6c7ccc(O)cc7CC[C@@H]6c6ccccc6)C=C5)CC4)C3)cc1)=N[C@H](Cc1ncco1)c1nnc(C)n1-2. The van der Waals surface area contributed by atoms with E-state index in [9.17, 15) is 5.11 Å². The molecule has 5 aliphatic rings. The van der Waals surface area contributed by atoms with E-state index in [1.807, 2.05) is 19.1 Å². The van der Waals surface area contributed by atoms with Gasteiger partial charge in [-0.2, -0.15) is 0 Å². The first-order chi connectivity index (χ1) is 30.1. The second-order valence-electron chi connectivity index (χ2n) is 19.3. The third kappa shape index (κ3) is 6.88. The zero-order chi connectivity index (χ0) is 42.2. The fraction of sp³-hybridized carbons (Fsp3) is 0.396. The zero-order valence-corrected chi connectivity index (χ0v) is 37.2. The summed E-state index contributed by atoms with van der Waals surface area (Å²) in [5, 5.41) is 20.6. The average molecular weight is 841 g/mol. The number of thiophene rings is 1. The van der Waals surface area contributed by atoms with E-state index < -0.39 is 0 Å². The highest BCUT2D eigenvalue weighted by Gasteiger charge is 2.47. The Morgan fingerprint density at radius 3 is 2.48 bits per heavy atom. The van der Waals surface area contributed by atoms with Crippen molar-refractivity contribution in [1.29, 1.82) is 0 Å². The Morgan fingerprint density at radius 2 is 1.74 bits per heavy atom. The fourth-order valence-electron chi connectivity index (χ4n) is 12.0. The van der Waals surface area contributed by atoms with Gasteiger partial charge in [-0.05, 0) is 141 Å². The van der Waals surface area contributed by atoms with Gasteiger partial charge in [0.15, 0.2) is 11.7 Å². The van der Waals surface area contributed by atoms with Gasteiger partial charge in [-0.25, -0.2) is 4.98 Å². The highest BCUT2D eigenvalue weighted by Crippen LogP contribution is 2.57. The van der Waals surface area contributed by atoms with Crippen LogP contribution in [-0.4, -0.2) is 48.6 Å². The molecule has 2 aliphatic heterocycles. The number of oxazole rings is 1. The van der Waals surface area contributed by atoms with Crippen molar-refractivity contribution in [3.05, 3.63) is 171 Å². The quantitative estimate of drug-likeness (QED) is 0.164. The van der Waals surface area contributed by atoms with Crippen LogP contribution in [0.2, 0.25) is 0 Å². The topological polar surface area (TPSA) is 92.6 Å². The van der Waals surface area contributed by atoms with Crippen LogP contribution in [0.1, 0.15) is 125 Å². The zero-order valence-electron chi connectivity index (χ0n) is 36.3. The molecule has 4 atom stereocenters. The number of aliphatic imine (C=N–C) groups is 1. The Morgan fingerprint density at radius 1 is 0.935 bits per heavy atom. The lowest BCUT2D eigenvalue weighted by molar-refractivity contribution is -0.00405. The number of benzene rings is 3. The largest absolute Gasteiger partial charge is 0.508 e. The summed E-state index contributed by atoms with van der Waals surface area (Å²) in [5.74, 6) is 4.27. The monoisotopic (exact) mass is 840 g/mol. The molecule has 0 radical (unpaired) electrons. The predicted octanol–water partition coefficient (Wildman–Crippen LogP) is 11.5. The van der Waals surface area contributed by atoms with Crippen LogP contribution in [0.3, 0.4) is 0 Å². The molecule has 1 saturated carbocycles. The molecule has 62 heavy (non-hydrogen) atoms. The molecule has 8 nitrogen and oxygen atoms in total. The highest BCUT2D eigenvalue weighted by atomic mass is 32.1. The molecule has 1 N–H and O–H groups in total. The van der Waals surface area contributed by atoms with Crippen LogP contribution in [0, 0.1) is 37.5 Å². The van der Waals surface area contributed by atoms with Crippen LogP contribution in [0.4, 0.5) is 0 Å². The molecule has 1 unspecified atom stereocenters. The maximum atomic E-state index is 10.4. The van der Waals surface area contributed by atoms with Crippen LogP contribution in [0.5, 0.6) is 5.75 Å². The molecule has 0 amide bonds. The number of aryl methyl sites for hydroxylation is 3. The summed E-state index contributed by atoms with van der Waals surface area (Å²) >= 11 is 1.79. The van der Waals surface area contributed by atoms with Crippen molar-refractivity contribution in [2.75, 3.05) is 13.1 Å². The number of hydrogen-bond donors (Lipinski definition) is 1. The Balaban J connectivity index is 0.744. The Hall–Kier alpha value is -5.54. The molecule has 3 aliphatic carbocycles. The molecule has 2 fully saturated rings. The molecule has 3 aromatic carbocycles. The van der Waals surface area contributed by atoms with Crippen LogP contribution >= 0.6 is 11.3 Å². The van der Waals surface area contributed by atoms with E-state index in [2.05, 4.69) is 124 Å². The molecule has 1 saturated heterocycles. The highest BCUT2D eigenvalue weighted by molar-refractivity contribution is 7.15. The minimum Gasteiger partial charge on any atom is -0.508 e. The van der Waals surface area contributed by atoms with Gasteiger partial charge < -0.3 is 14.4 Å². The lowest BCUT2D eigenvalue weighted by Gasteiger charge is -2.53. The van der Waals surface area contributed by atoms with Crippen molar-refractivity contribution >= 4 is 17.0 Å². The molecule has 316 valence electrons. The number of likely N-dealkylation sites (tertiary alicyclic amines) is 1. The van der Waals surface area contributed by atoms with Crippen molar-refractivity contribution in [3.8, 4) is 10.8 Å². The molecule has 3 aromatic heterocycles. The molecule has 5 heterocycles. The molecule has 1 spiro atoms. The summed E-state index contributed by atoms with van der Waals surface area (Å²) in [6.07, 6.45) is 20.8. The Labute approximate surface area is 369 Å².